The fraction of sp³-hybridized carbons (Fsp3) is 0.333. The van der Waals surface area contributed by atoms with Crippen molar-refractivity contribution in [2.75, 3.05) is 5.32 Å². The molecule has 6 nitrogen and oxygen atoms in total. The molecular formula is C15H17NO5. The quantitative estimate of drug-likeness (QED) is 0.502. The van der Waals surface area contributed by atoms with Gasteiger partial charge in [0, 0.05) is 25.7 Å². The van der Waals surface area contributed by atoms with Crippen molar-refractivity contribution in [2.24, 2.45) is 0 Å². The van der Waals surface area contributed by atoms with E-state index in [9.17, 15) is 14.7 Å². The van der Waals surface area contributed by atoms with E-state index < -0.39 is 23.8 Å². The monoisotopic (exact) mass is 291 g/mol. The Labute approximate surface area is 122 Å². The van der Waals surface area contributed by atoms with Gasteiger partial charge in [0.15, 0.2) is 5.57 Å². The summed E-state index contributed by atoms with van der Waals surface area (Å²) in [5.41, 5.74) is 1.14. The lowest BCUT2D eigenvalue weighted by Gasteiger charge is -2.29. The molecule has 0 amide bonds. The average molecular weight is 291 g/mol. The van der Waals surface area contributed by atoms with Crippen molar-refractivity contribution in [3.8, 4) is 0 Å². The standard InChI is InChI=1S/C15H17NO5/c1-9(17)10-5-4-6-11(7-10)16-8-12-13(18)20-15(2,3)21-14(12)19/h4-9,16-17H,1-3H3. The zero-order valence-corrected chi connectivity index (χ0v) is 12.0. The summed E-state index contributed by atoms with van der Waals surface area (Å²) >= 11 is 0. The number of aliphatic hydroxyl groups is 1. The number of rotatable bonds is 3. The van der Waals surface area contributed by atoms with Crippen LogP contribution in [-0.2, 0) is 19.1 Å². The number of ether oxygens (including phenoxy) is 2. The van der Waals surface area contributed by atoms with Crippen LogP contribution in [0.3, 0.4) is 0 Å². The average Bonchev–Trinajstić information content (AvgIpc) is 2.36. The number of nitrogens with one attached hydrogen (secondary N) is 1. The van der Waals surface area contributed by atoms with Gasteiger partial charge < -0.3 is 19.9 Å². The van der Waals surface area contributed by atoms with Crippen LogP contribution < -0.4 is 5.32 Å². The van der Waals surface area contributed by atoms with Gasteiger partial charge in [-0.3, -0.25) is 0 Å². The number of aliphatic hydroxyl groups excluding tert-OH is 1. The molecule has 0 saturated carbocycles. The van der Waals surface area contributed by atoms with E-state index in [1.165, 1.54) is 20.0 Å². The summed E-state index contributed by atoms with van der Waals surface area (Å²) in [5, 5.41) is 12.3. The first-order chi connectivity index (χ1) is 9.78. The third-order valence-corrected chi connectivity index (χ3v) is 2.87. The van der Waals surface area contributed by atoms with Crippen LogP contribution in [0.15, 0.2) is 36.0 Å². The minimum atomic E-state index is -1.25. The molecule has 0 bridgehead atoms. The second-order valence-electron chi connectivity index (χ2n) is 5.18. The maximum Gasteiger partial charge on any atom is 0.350 e. The molecule has 21 heavy (non-hydrogen) atoms. The van der Waals surface area contributed by atoms with Gasteiger partial charge in [-0.2, -0.15) is 0 Å². The Morgan fingerprint density at radius 1 is 1.24 bits per heavy atom. The molecule has 0 spiro atoms. The normalized spacial score (nSPS) is 18.6. The molecule has 0 radical (unpaired) electrons. The number of hydrogen-bond acceptors (Lipinski definition) is 6. The molecule has 6 heteroatoms. The molecular weight excluding hydrogens is 274 g/mol. The first-order valence-corrected chi connectivity index (χ1v) is 6.50. The van der Waals surface area contributed by atoms with Crippen LogP contribution in [-0.4, -0.2) is 22.8 Å². The highest BCUT2D eigenvalue weighted by molar-refractivity contribution is 6.15. The van der Waals surface area contributed by atoms with Gasteiger partial charge in [0.2, 0.25) is 0 Å². The number of cyclic esters (lactones) is 2. The van der Waals surface area contributed by atoms with E-state index in [0.717, 1.165) is 0 Å². The van der Waals surface area contributed by atoms with Gasteiger partial charge in [0.1, 0.15) is 0 Å². The Morgan fingerprint density at radius 3 is 2.43 bits per heavy atom. The predicted octanol–water partition coefficient (Wildman–Crippen LogP) is 1.87. The van der Waals surface area contributed by atoms with E-state index >= 15 is 0 Å². The zero-order valence-electron chi connectivity index (χ0n) is 12.0. The molecule has 1 saturated heterocycles. The van der Waals surface area contributed by atoms with Gasteiger partial charge in [0.05, 0.1) is 6.10 Å². The van der Waals surface area contributed by atoms with E-state index in [4.69, 9.17) is 9.47 Å². The zero-order chi connectivity index (χ0) is 15.6. The van der Waals surface area contributed by atoms with Crippen molar-refractivity contribution < 1.29 is 24.2 Å². The first-order valence-electron chi connectivity index (χ1n) is 6.50. The van der Waals surface area contributed by atoms with Crippen molar-refractivity contribution in [1.29, 1.82) is 0 Å². The highest BCUT2D eigenvalue weighted by Crippen LogP contribution is 2.23. The van der Waals surface area contributed by atoms with E-state index in [1.807, 2.05) is 0 Å². The number of benzene rings is 1. The molecule has 1 heterocycles. The van der Waals surface area contributed by atoms with Crippen LogP contribution in [0.1, 0.15) is 32.4 Å². The number of anilines is 1. The van der Waals surface area contributed by atoms with Crippen LogP contribution in [0.2, 0.25) is 0 Å². The molecule has 1 atom stereocenters. The van der Waals surface area contributed by atoms with Crippen molar-refractivity contribution in [3.05, 3.63) is 41.6 Å². The summed E-state index contributed by atoms with van der Waals surface area (Å²) in [4.78, 5) is 23.5. The SMILES string of the molecule is CC(O)c1cccc(NC=C2C(=O)OC(C)(C)OC2=O)c1. The molecule has 1 aliphatic heterocycles. The number of carbonyl (C=O) groups excluding carboxylic acids is 2. The lowest BCUT2D eigenvalue weighted by atomic mass is 10.1. The van der Waals surface area contributed by atoms with Gasteiger partial charge in [-0.1, -0.05) is 12.1 Å². The van der Waals surface area contributed by atoms with Gasteiger partial charge >= 0.3 is 11.9 Å². The van der Waals surface area contributed by atoms with Crippen LogP contribution in [0.4, 0.5) is 5.69 Å². The summed E-state index contributed by atoms with van der Waals surface area (Å²) in [6.07, 6.45) is 0.631. The highest BCUT2D eigenvalue weighted by atomic mass is 16.7. The Bertz CT molecular complexity index is 582. The van der Waals surface area contributed by atoms with Gasteiger partial charge in [-0.25, -0.2) is 9.59 Å². The number of esters is 2. The Morgan fingerprint density at radius 2 is 1.86 bits per heavy atom. The lowest BCUT2D eigenvalue weighted by Crippen LogP contribution is -2.42. The molecule has 1 fully saturated rings. The number of hydrogen-bond donors (Lipinski definition) is 2. The second kappa shape index (κ2) is 5.57. The van der Waals surface area contributed by atoms with Crippen molar-refractivity contribution >= 4 is 17.6 Å². The van der Waals surface area contributed by atoms with E-state index in [2.05, 4.69) is 5.32 Å². The Kier molecular flexibility index (Phi) is 3.99. The summed E-state index contributed by atoms with van der Waals surface area (Å²) in [6, 6.07) is 6.98. The summed E-state index contributed by atoms with van der Waals surface area (Å²) in [7, 11) is 0. The topological polar surface area (TPSA) is 84.9 Å². The highest BCUT2D eigenvalue weighted by Gasteiger charge is 2.38. The van der Waals surface area contributed by atoms with E-state index in [1.54, 1.807) is 31.2 Å². The maximum absolute atomic E-state index is 11.7. The Hall–Kier alpha value is -2.34. The van der Waals surface area contributed by atoms with Crippen LogP contribution in [0.25, 0.3) is 0 Å². The molecule has 0 aliphatic carbocycles. The molecule has 112 valence electrons. The molecule has 1 aromatic rings. The van der Waals surface area contributed by atoms with Gasteiger partial charge in [-0.15, -0.1) is 0 Å². The molecule has 1 aromatic carbocycles. The maximum atomic E-state index is 11.7. The Balaban J connectivity index is 2.16. The van der Waals surface area contributed by atoms with Gasteiger partial charge in [-0.05, 0) is 24.6 Å². The molecule has 0 aromatic heterocycles. The molecule has 1 unspecified atom stereocenters. The fourth-order valence-corrected chi connectivity index (χ4v) is 1.82. The fourth-order valence-electron chi connectivity index (χ4n) is 1.82. The third kappa shape index (κ3) is 3.61. The van der Waals surface area contributed by atoms with Gasteiger partial charge in [0.25, 0.3) is 5.79 Å². The molecule has 1 aliphatic rings. The molecule has 2 N–H and O–H groups in total. The van der Waals surface area contributed by atoms with Crippen LogP contribution >= 0.6 is 0 Å². The summed E-state index contributed by atoms with van der Waals surface area (Å²) in [6.45, 7) is 4.62. The number of carbonyl (C=O) groups is 2. The largest absolute Gasteiger partial charge is 0.419 e. The minimum Gasteiger partial charge on any atom is -0.419 e. The van der Waals surface area contributed by atoms with E-state index in [-0.39, 0.29) is 5.57 Å². The second-order valence-corrected chi connectivity index (χ2v) is 5.18. The summed E-state index contributed by atoms with van der Waals surface area (Å²) in [5.74, 6) is -2.73. The van der Waals surface area contributed by atoms with Crippen LogP contribution in [0.5, 0.6) is 0 Å². The third-order valence-electron chi connectivity index (χ3n) is 2.87. The summed E-state index contributed by atoms with van der Waals surface area (Å²) < 4.78 is 9.95. The minimum absolute atomic E-state index is 0.211. The van der Waals surface area contributed by atoms with Crippen LogP contribution in [0, 0.1) is 0 Å². The smallest absolute Gasteiger partial charge is 0.350 e. The first kappa shape index (κ1) is 15.1. The predicted molar refractivity (Wildman–Crippen MR) is 75.0 cm³/mol. The lowest BCUT2D eigenvalue weighted by molar-refractivity contribution is -0.222. The van der Waals surface area contributed by atoms with Crippen molar-refractivity contribution in [2.45, 2.75) is 32.7 Å². The molecule has 2 rings (SSSR count). The van der Waals surface area contributed by atoms with Crippen molar-refractivity contribution in [3.63, 3.8) is 0 Å². The van der Waals surface area contributed by atoms with Crippen molar-refractivity contribution in [1.82, 2.24) is 0 Å². The van der Waals surface area contributed by atoms with E-state index in [0.29, 0.717) is 11.3 Å².